The summed E-state index contributed by atoms with van der Waals surface area (Å²) in [5.41, 5.74) is 2.44. The van der Waals surface area contributed by atoms with Crippen LogP contribution < -0.4 is 10.6 Å². The van der Waals surface area contributed by atoms with E-state index in [1.165, 1.54) is 13.8 Å². The summed E-state index contributed by atoms with van der Waals surface area (Å²) in [4.78, 5) is 36.1. The highest BCUT2D eigenvalue weighted by Crippen LogP contribution is 2.46. The molecule has 0 aliphatic heterocycles. The van der Waals surface area contributed by atoms with E-state index in [2.05, 4.69) is 34.9 Å². The van der Waals surface area contributed by atoms with Crippen molar-refractivity contribution in [3.8, 4) is 11.1 Å². The summed E-state index contributed by atoms with van der Waals surface area (Å²) in [7, 11) is 0. The Hall–Kier alpha value is -3.35. The maximum atomic E-state index is 12.5. The third-order valence-corrected chi connectivity index (χ3v) is 6.21. The second kappa shape index (κ2) is 7.72. The predicted molar refractivity (Wildman–Crippen MR) is 115 cm³/mol. The van der Waals surface area contributed by atoms with Crippen LogP contribution in [0, 0.1) is 5.41 Å². The van der Waals surface area contributed by atoms with Gasteiger partial charge >= 0.3 is 12.1 Å². The molecule has 0 bridgehead atoms. The number of hydrogen-bond acceptors (Lipinski definition) is 4. The Morgan fingerprint density at radius 2 is 1.58 bits per heavy atom. The molecule has 2 aliphatic rings. The lowest BCUT2D eigenvalue weighted by molar-refractivity contribution is -0.147. The van der Waals surface area contributed by atoms with Crippen LogP contribution in [0.5, 0.6) is 0 Å². The van der Waals surface area contributed by atoms with E-state index in [-0.39, 0.29) is 25.0 Å². The summed E-state index contributed by atoms with van der Waals surface area (Å²) >= 11 is 0. The molecule has 2 aromatic rings. The molecule has 0 heterocycles. The number of carboxylic acids is 1. The Morgan fingerprint density at radius 1 is 1.03 bits per heavy atom. The van der Waals surface area contributed by atoms with Gasteiger partial charge in [0.15, 0.2) is 0 Å². The van der Waals surface area contributed by atoms with Gasteiger partial charge in [0.05, 0.1) is 5.41 Å². The van der Waals surface area contributed by atoms with Gasteiger partial charge in [-0.05, 0) is 48.9 Å². The van der Waals surface area contributed by atoms with Gasteiger partial charge in [-0.3, -0.25) is 4.79 Å². The van der Waals surface area contributed by atoms with E-state index in [1.54, 1.807) is 0 Å². The van der Waals surface area contributed by atoms with Crippen LogP contribution in [0.3, 0.4) is 0 Å². The first-order valence-corrected chi connectivity index (χ1v) is 10.4. The smallest absolute Gasteiger partial charge is 0.407 e. The second-order valence-corrected chi connectivity index (χ2v) is 8.84. The summed E-state index contributed by atoms with van der Waals surface area (Å²) in [6.07, 6.45) is 0.606. The van der Waals surface area contributed by atoms with Crippen LogP contribution in [0.15, 0.2) is 48.5 Å². The maximum Gasteiger partial charge on any atom is 0.407 e. The second-order valence-electron chi connectivity index (χ2n) is 8.84. The van der Waals surface area contributed by atoms with Crippen LogP contribution >= 0.6 is 0 Å². The van der Waals surface area contributed by atoms with E-state index >= 15 is 0 Å². The monoisotopic (exact) mass is 422 g/mol. The average molecular weight is 422 g/mol. The normalized spacial score (nSPS) is 16.1. The fraction of sp³-hybridized carbons (Fsp3) is 0.375. The van der Waals surface area contributed by atoms with Crippen molar-refractivity contribution in [1.82, 2.24) is 10.6 Å². The van der Waals surface area contributed by atoms with E-state index in [0.717, 1.165) is 22.3 Å². The number of amides is 2. The maximum absolute atomic E-state index is 12.5. The Kier molecular flexibility index (Phi) is 5.21. The fourth-order valence-corrected chi connectivity index (χ4v) is 4.00. The highest BCUT2D eigenvalue weighted by molar-refractivity contribution is 5.91. The molecule has 2 aliphatic carbocycles. The van der Waals surface area contributed by atoms with Crippen molar-refractivity contribution >= 4 is 18.0 Å². The van der Waals surface area contributed by atoms with Crippen LogP contribution in [0.4, 0.5) is 4.79 Å². The first kappa shape index (κ1) is 20.9. The van der Waals surface area contributed by atoms with E-state index in [4.69, 9.17) is 4.74 Å². The van der Waals surface area contributed by atoms with Gasteiger partial charge in [-0.1, -0.05) is 48.5 Å². The average Bonchev–Trinajstić information content (AvgIpc) is 3.48. The third-order valence-electron chi connectivity index (χ3n) is 6.21. The summed E-state index contributed by atoms with van der Waals surface area (Å²) in [5.74, 6) is -1.51. The number of carbonyl (C=O) groups excluding carboxylic acids is 2. The molecule has 2 aromatic carbocycles. The molecule has 0 saturated heterocycles. The number of nitrogens with one attached hydrogen (secondary N) is 2. The van der Waals surface area contributed by atoms with Gasteiger partial charge in [-0.15, -0.1) is 0 Å². The predicted octanol–water partition coefficient (Wildman–Crippen LogP) is 3.28. The largest absolute Gasteiger partial charge is 0.480 e. The highest BCUT2D eigenvalue weighted by Gasteiger charge is 2.51. The minimum atomic E-state index is -1.36. The number of hydrogen-bond donors (Lipinski definition) is 3. The van der Waals surface area contributed by atoms with E-state index in [9.17, 15) is 19.5 Å². The van der Waals surface area contributed by atoms with E-state index in [0.29, 0.717) is 12.8 Å². The first-order chi connectivity index (χ1) is 14.7. The van der Waals surface area contributed by atoms with Crippen molar-refractivity contribution in [2.75, 3.05) is 13.2 Å². The van der Waals surface area contributed by atoms with Crippen LogP contribution in [0.1, 0.15) is 43.7 Å². The molecular formula is C24H26N2O5. The van der Waals surface area contributed by atoms with Crippen molar-refractivity contribution in [3.63, 3.8) is 0 Å². The van der Waals surface area contributed by atoms with Crippen molar-refractivity contribution in [1.29, 1.82) is 0 Å². The number of carboxylic acid groups (broad SMARTS) is 1. The van der Waals surface area contributed by atoms with E-state index < -0.39 is 23.0 Å². The summed E-state index contributed by atoms with van der Waals surface area (Å²) in [6.45, 7) is 3.18. The lowest BCUT2D eigenvalue weighted by Crippen LogP contribution is -2.53. The molecule has 7 nitrogen and oxygen atoms in total. The third kappa shape index (κ3) is 4.00. The molecule has 1 fully saturated rings. The molecule has 7 heteroatoms. The summed E-state index contributed by atoms with van der Waals surface area (Å²) < 4.78 is 5.51. The van der Waals surface area contributed by atoms with Crippen LogP contribution in [0.25, 0.3) is 11.1 Å². The SMILES string of the molecule is CC(C)(NC(=O)C1(CNC(=O)OCC2c3ccccc3-c3ccccc32)CC1)C(=O)O. The van der Waals surface area contributed by atoms with Crippen LogP contribution in [-0.4, -0.2) is 41.8 Å². The molecule has 0 atom stereocenters. The minimum Gasteiger partial charge on any atom is -0.480 e. The number of alkyl carbamates (subject to hydrolysis) is 1. The van der Waals surface area contributed by atoms with Crippen molar-refractivity contribution in [3.05, 3.63) is 59.7 Å². The van der Waals surface area contributed by atoms with Crippen molar-refractivity contribution < 1.29 is 24.2 Å². The minimum absolute atomic E-state index is 0.0345. The highest BCUT2D eigenvalue weighted by atomic mass is 16.5. The number of aliphatic carboxylic acids is 1. The number of fused-ring (bicyclic) bond motifs is 3. The molecule has 3 N–H and O–H groups in total. The molecule has 0 unspecified atom stereocenters. The van der Waals surface area contributed by atoms with Crippen LogP contribution in [-0.2, 0) is 14.3 Å². The van der Waals surface area contributed by atoms with Gasteiger partial charge in [0, 0.05) is 12.5 Å². The lowest BCUT2D eigenvalue weighted by atomic mass is 9.98. The van der Waals surface area contributed by atoms with Gasteiger partial charge < -0.3 is 20.5 Å². The Bertz CT molecular complexity index is 996. The first-order valence-electron chi connectivity index (χ1n) is 10.4. The molecular weight excluding hydrogens is 396 g/mol. The topological polar surface area (TPSA) is 105 Å². The summed E-state index contributed by atoms with van der Waals surface area (Å²) in [6, 6.07) is 16.2. The molecule has 162 valence electrons. The van der Waals surface area contributed by atoms with Gasteiger partial charge in [-0.2, -0.15) is 0 Å². The Balaban J connectivity index is 1.34. The van der Waals surface area contributed by atoms with Crippen molar-refractivity contribution in [2.24, 2.45) is 5.41 Å². The molecule has 31 heavy (non-hydrogen) atoms. The Labute approximate surface area is 180 Å². The zero-order valence-corrected chi connectivity index (χ0v) is 17.6. The molecule has 4 rings (SSSR count). The number of ether oxygens (including phenoxy) is 1. The fourth-order valence-electron chi connectivity index (χ4n) is 4.00. The zero-order valence-electron chi connectivity index (χ0n) is 17.6. The standard InChI is InChI=1S/C24H26N2O5/c1-23(2,21(28)29)26-20(27)24(11-12-24)14-25-22(30)31-13-19-17-9-5-3-7-15(17)16-8-4-6-10-18(16)19/h3-10,19H,11-14H2,1-2H3,(H,25,30)(H,26,27)(H,28,29). The van der Waals surface area contributed by atoms with Crippen molar-refractivity contribution in [2.45, 2.75) is 38.1 Å². The van der Waals surface area contributed by atoms with Gasteiger partial charge in [-0.25, -0.2) is 9.59 Å². The lowest BCUT2D eigenvalue weighted by Gasteiger charge is -2.25. The molecule has 0 spiro atoms. The molecule has 0 radical (unpaired) electrons. The molecule has 0 aromatic heterocycles. The van der Waals surface area contributed by atoms with Gasteiger partial charge in [0.1, 0.15) is 12.1 Å². The number of rotatable bonds is 7. The van der Waals surface area contributed by atoms with E-state index in [1.807, 2.05) is 24.3 Å². The number of carbonyl (C=O) groups is 3. The molecule has 2 amide bonds. The quantitative estimate of drug-likeness (QED) is 0.635. The van der Waals surface area contributed by atoms with Gasteiger partial charge in [0.25, 0.3) is 0 Å². The van der Waals surface area contributed by atoms with Crippen LogP contribution in [0.2, 0.25) is 0 Å². The Morgan fingerprint density at radius 3 is 2.10 bits per heavy atom. The molecule has 1 saturated carbocycles. The van der Waals surface area contributed by atoms with Gasteiger partial charge in [0.2, 0.25) is 5.91 Å². The number of benzene rings is 2. The summed E-state index contributed by atoms with van der Waals surface area (Å²) in [5, 5.41) is 14.4. The zero-order chi connectivity index (χ0) is 22.2.